The van der Waals surface area contributed by atoms with E-state index in [2.05, 4.69) is 0 Å². The summed E-state index contributed by atoms with van der Waals surface area (Å²) in [5.74, 6) is 2.56. The number of carbonyl (C=O) groups excluding carboxylic acids is 1. The van der Waals surface area contributed by atoms with E-state index in [1.165, 1.54) is 0 Å². The van der Waals surface area contributed by atoms with Crippen molar-refractivity contribution in [2.75, 3.05) is 26.3 Å². The number of para-hydroxylation sites is 2. The first-order valence-electron chi connectivity index (χ1n) is 10.1. The molecule has 0 saturated carbocycles. The lowest BCUT2D eigenvalue weighted by Crippen LogP contribution is -2.42. The van der Waals surface area contributed by atoms with Gasteiger partial charge in [-0.2, -0.15) is 0 Å². The highest BCUT2D eigenvalue weighted by molar-refractivity contribution is 5.78. The second kappa shape index (κ2) is 10.0. The lowest BCUT2D eigenvalue weighted by molar-refractivity contribution is -0.132. The predicted molar refractivity (Wildman–Crippen MR) is 109 cm³/mol. The molecule has 0 atom stereocenters. The molecule has 0 N–H and O–H groups in total. The number of rotatable bonds is 8. The van der Waals surface area contributed by atoms with E-state index >= 15 is 0 Å². The molecule has 0 radical (unpaired) electrons. The smallest absolute Gasteiger partial charge is 0.226 e. The summed E-state index contributed by atoms with van der Waals surface area (Å²) in [7, 11) is 0. The number of carbonyl (C=O) groups is 1. The summed E-state index contributed by atoms with van der Waals surface area (Å²) < 4.78 is 17.2. The van der Waals surface area contributed by atoms with Crippen molar-refractivity contribution >= 4 is 5.91 Å². The molecule has 1 fully saturated rings. The second-order valence-electron chi connectivity index (χ2n) is 6.83. The minimum atomic E-state index is 0.108. The van der Waals surface area contributed by atoms with Gasteiger partial charge in [-0.3, -0.25) is 4.79 Å². The van der Waals surface area contributed by atoms with Crippen molar-refractivity contribution in [3.8, 4) is 17.2 Å². The highest BCUT2D eigenvalue weighted by Crippen LogP contribution is 2.29. The van der Waals surface area contributed by atoms with E-state index in [1.807, 2.05) is 67.3 Å². The predicted octanol–water partition coefficient (Wildman–Crippen LogP) is 4.10. The van der Waals surface area contributed by atoms with Crippen molar-refractivity contribution in [3.63, 3.8) is 0 Å². The lowest BCUT2D eigenvalue weighted by Gasteiger charge is -2.32. The summed E-state index contributed by atoms with van der Waals surface area (Å²) >= 11 is 0. The minimum Gasteiger partial charge on any atom is -0.494 e. The molecule has 0 aliphatic carbocycles. The van der Waals surface area contributed by atoms with Crippen molar-refractivity contribution in [2.24, 2.45) is 0 Å². The molecular formula is C23H29NO4. The normalized spacial score (nSPS) is 14.6. The van der Waals surface area contributed by atoms with Crippen molar-refractivity contribution in [1.29, 1.82) is 0 Å². The summed E-state index contributed by atoms with van der Waals surface area (Å²) in [5, 5.41) is 0. The van der Waals surface area contributed by atoms with Gasteiger partial charge in [-0.05, 0) is 43.7 Å². The van der Waals surface area contributed by atoms with Crippen molar-refractivity contribution < 1.29 is 19.0 Å². The van der Waals surface area contributed by atoms with Gasteiger partial charge in [-0.1, -0.05) is 24.3 Å². The molecule has 5 heteroatoms. The molecule has 5 nitrogen and oxygen atoms in total. The molecule has 150 valence electrons. The Kier molecular flexibility index (Phi) is 7.18. The van der Waals surface area contributed by atoms with E-state index < -0.39 is 0 Å². The number of nitrogens with zero attached hydrogens (tertiary/aromatic N) is 1. The molecule has 1 aliphatic heterocycles. The Balaban J connectivity index is 1.49. The number of piperidine rings is 1. The zero-order valence-corrected chi connectivity index (χ0v) is 16.7. The molecule has 1 saturated heterocycles. The van der Waals surface area contributed by atoms with Crippen LogP contribution in [0.4, 0.5) is 0 Å². The second-order valence-corrected chi connectivity index (χ2v) is 6.83. The summed E-state index contributed by atoms with van der Waals surface area (Å²) in [6, 6.07) is 15.5. The number of amides is 1. The fourth-order valence-corrected chi connectivity index (χ4v) is 3.38. The van der Waals surface area contributed by atoms with Crippen molar-refractivity contribution in [3.05, 3.63) is 54.1 Å². The largest absolute Gasteiger partial charge is 0.494 e. The first-order valence-corrected chi connectivity index (χ1v) is 10.1. The molecule has 3 rings (SSSR count). The molecule has 0 aromatic heterocycles. The Labute approximate surface area is 167 Å². The SMILES string of the molecule is CCOc1ccc(CC(=O)N2CCC(Oc3ccccc3OCC)CC2)cc1. The average Bonchev–Trinajstić information content (AvgIpc) is 2.72. The number of hydrogen-bond donors (Lipinski definition) is 0. The van der Waals surface area contributed by atoms with Crippen LogP contribution in [-0.2, 0) is 11.2 Å². The van der Waals surface area contributed by atoms with Gasteiger partial charge >= 0.3 is 0 Å². The third-order valence-corrected chi connectivity index (χ3v) is 4.83. The molecule has 28 heavy (non-hydrogen) atoms. The Bertz CT molecular complexity index is 751. The third-order valence-electron chi connectivity index (χ3n) is 4.83. The maximum absolute atomic E-state index is 12.6. The van der Waals surface area contributed by atoms with Gasteiger partial charge in [0.25, 0.3) is 0 Å². The van der Waals surface area contributed by atoms with E-state index in [1.54, 1.807) is 0 Å². The summed E-state index contributed by atoms with van der Waals surface area (Å²) in [4.78, 5) is 14.6. The first-order chi connectivity index (χ1) is 13.7. The summed E-state index contributed by atoms with van der Waals surface area (Å²) in [5.41, 5.74) is 1.01. The fourth-order valence-electron chi connectivity index (χ4n) is 3.38. The van der Waals surface area contributed by atoms with E-state index in [0.717, 1.165) is 48.7 Å². The van der Waals surface area contributed by atoms with E-state index in [4.69, 9.17) is 14.2 Å². The minimum absolute atomic E-state index is 0.108. The van der Waals surface area contributed by atoms with Gasteiger partial charge in [0.15, 0.2) is 11.5 Å². The quantitative estimate of drug-likeness (QED) is 0.689. The number of hydrogen-bond acceptors (Lipinski definition) is 4. The van der Waals surface area contributed by atoms with Gasteiger partial charge in [0.2, 0.25) is 5.91 Å². The highest BCUT2D eigenvalue weighted by Gasteiger charge is 2.24. The van der Waals surface area contributed by atoms with Gasteiger partial charge in [0, 0.05) is 25.9 Å². The molecule has 0 unspecified atom stereocenters. The van der Waals surface area contributed by atoms with Gasteiger partial charge < -0.3 is 19.1 Å². The number of ether oxygens (including phenoxy) is 3. The van der Waals surface area contributed by atoms with Crippen LogP contribution in [0.3, 0.4) is 0 Å². The Hall–Kier alpha value is -2.69. The molecule has 0 bridgehead atoms. The maximum atomic E-state index is 12.6. The van der Waals surface area contributed by atoms with Crippen LogP contribution in [-0.4, -0.2) is 43.2 Å². The molecule has 1 amide bonds. The standard InChI is InChI=1S/C23H29NO4/c1-3-26-19-11-9-18(10-12-19)17-23(25)24-15-13-20(14-16-24)28-22-8-6-5-7-21(22)27-4-2/h5-12,20H,3-4,13-17H2,1-2H3. The van der Waals surface area contributed by atoms with Gasteiger partial charge in [0.05, 0.1) is 19.6 Å². The van der Waals surface area contributed by atoms with Crippen LogP contribution in [0.25, 0.3) is 0 Å². The molecule has 1 aliphatic rings. The molecular weight excluding hydrogens is 354 g/mol. The Morgan fingerprint density at radius 1 is 0.929 bits per heavy atom. The summed E-state index contributed by atoms with van der Waals surface area (Å²) in [6.07, 6.45) is 2.19. The zero-order valence-electron chi connectivity index (χ0n) is 16.7. The van der Waals surface area contributed by atoms with Crippen molar-refractivity contribution in [2.45, 2.75) is 39.2 Å². The van der Waals surface area contributed by atoms with Crippen LogP contribution in [0, 0.1) is 0 Å². The Morgan fingerprint density at radius 3 is 2.21 bits per heavy atom. The fraction of sp³-hybridized carbons (Fsp3) is 0.435. The molecule has 0 spiro atoms. The number of likely N-dealkylation sites (tertiary alicyclic amines) is 1. The molecule has 2 aromatic rings. The molecule has 2 aromatic carbocycles. The van der Waals surface area contributed by atoms with E-state index in [-0.39, 0.29) is 12.0 Å². The van der Waals surface area contributed by atoms with Crippen LogP contribution in [0.5, 0.6) is 17.2 Å². The first kappa shape index (κ1) is 20.1. The topological polar surface area (TPSA) is 48.0 Å². The van der Waals surface area contributed by atoms with Crippen molar-refractivity contribution in [1.82, 2.24) is 4.90 Å². The zero-order chi connectivity index (χ0) is 19.8. The van der Waals surface area contributed by atoms with Crippen LogP contribution < -0.4 is 14.2 Å². The van der Waals surface area contributed by atoms with E-state index in [0.29, 0.717) is 19.6 Å². The number of benzene rings is 2. The third kappa shape index (κ3) is 5.41. The monoisotopic (exact) mass is 383 g/mol. The van der Waals surface area contributed by atoms with Crippen LogP contribution in [0.1, 0.15) is 32.3 Å². The van der Waals surface area contributed by atoms with Crippen LogP contribution in [0.2, 0.25) is 0 Å². The average molecular weight is 383 g/mol. The maximum Gasteiger partial charge on any atom is 0.226 e. The van der Waals surface area contributed by atoms with Crippen LogP contribution >= 0.6 is 0 Å². The summed E-state index contributed by atoms with van der Waals surface area (Å²) in [6.45, 7) is 6.61. The van der Waals surface area contributed by atoms with Gasteiger partial charge in [-0.15, -0.1) is 0 Å². The van der Waals surface area contributed by atoms with Crippen LogP contribution in [0.15, 0.2) is 48.5 Å². The highest BCUT2D eigenvalue weighted by atomic mass is 16.5. The van der Waals surface area contributed by atoms with Gasteiger partial charge in [-0.25, -0.2) is 0 Å². The molecule has 1 heterocycles. The van der Waals surface area contributed by atoms with E-state index in [9.17, 15) is 4.79 Å². The lowest BCUT2D eigenvalue weighted by atomic mass is 10.1. The van der Waals surface area contributed by atoms with Gasteiger partial charge in [0.1, 0.15) is 11.9 Å². The Morgan fingerprint density at radius 2 is 1.57 bits per heavy atom.